The predicted octanol–water partition coefficient (Wildman–Crippen LogP) is 3.91. The third-order valence-electron chi connectivity index (χ3n) is 4.02. The zero-order chi connectivity index (χ0) is 20.6. The Hall–Kier alpha value is -3.74. The molecule has 0 atom stereocenters. The molecule has 1 heterocycles. The fraction of sp³-hybridized carbons (Fsp3) is 0.182. The lowest BCUT2D eigenvalue weighted by Gasteiger charge is -2.07. The van der Waals surface area contributed by atoms with Crippen LogP contribution in [0.3, 0.4) is 0 Å². The van der Waals surface area contributed by atoms with E-state index in [-0.39, 0.29) is 5.97 Å². The molecule has 0 radical (unpaired) electrons. The van der Waals surface area contributed by atoms with Gasteiger partial charge in [-0.3, -0.25) is 0 Å². The highest BCUT2D eigenvalue weighted by atomic mass is 16.5. The van der Waals surface area contributed by atoms with Gasteiger partial charge < -0.3 is 9.47 Å². The molecule has 7 heteroatoms. The minimum absolute atomic E-state index is 0.353. The van der Waals surface area contributed by atoms with Crippen LogP contribution < -0.4 is 10.2 Å². The summed E-state index contributed by atoms with van der Waals surface area (Å²) in [6.07, 6.45) is 1.69. The number of nitrogens with one attached hydrogen (secondary N) is 1. The summed E-state index contributed by atoms with van der Waals surface area (Å²) < 4.78 is 10.5. The van der Waals surface area contributed by atoms with Crippen molar-refractivity contribution in [3.8, 4) is 5.75 Å². The van der Waals surface area contributed by atoms with Crippen molar-refractivity contribution in [1.29, 1.82) is 0 Å². The SMILES string of the molecule is COC(=O)c1ccc(COc2ccc(C=NNc3nc(C)cc(C)n3)cc2)cc1. The summed E-state index contributed by atoms with van der Waals surface area (Å²) in [4.78, 5) is 20.0. The molecule has 0 aliphatic carbocycles. The summed E-state index contributed by atoms with van der Waals surface area (Å²) in [5.41, 5.74) is 6.99. The topological polar surface area (TPSA) is 85.7 Å². The molecule has 0 spiro atoms. The molecule has 3 aromatic rings. The van der Waals surface area contributed by atoms with Gasteiger partial charge in [-0.25, -0.2) is 20.2 Å². The monoisotopic (exact) mass is 390 g/mol. The van der Waals surface area contributed by atoms with Crippen molar-refractivity contribution in [2.75, 3.05) is 12.5 Å². The van der Waals surface area contributed by atoms with E-state index in [1.54, 1.807) is 18.3 Å². The standard InChI is InChI=1S/C22H22N4O3/c1-15-12-16(2)25-22(24-15)26-23-13-17-6-10-20(11-7-17)29-14-18-4-8-19(9-5-18)21(27)28-3/h4-13H,14H2,1-3H3,(H,24,25,26). The van der Waals surface area contributed by atoms with Crippen molar-refractivity contribution in [2.45, 2.75) is 20.5 Å². The van der Waals surface area contributed by atoms with Gasteiger partial charge in [0.25, 0.3) is 0 Å². The molecule has 0 unspecified atom stereocenters. The Morgan fingerprint density at radius 1 is 1.03 bits per heavy atom. The third-order valence-corrected chi connectivity index (χ3v) is 4.02. The molecule has 1 N–H and O–H groups in total. The molecule has 0 aliphatic rings. The first-order chi connectivity index (χ1) is 14.0. The zero-order valence-electron chi connectivity index (χ0n) is 16.5. The summed E-state index contributed by atoms with van der Waals surface area (Å²) in [6, 6.07) is 16.6. The van der Waals surface area contributed by atoms with Crippen LogP contribution in [0.2, 0.25) is 0 Å². The molecule has 29 heavy (non-hydrogen) atoms. The van der Waals surface area contributed by atoms with Crippen LogP contribution in [0, 0.1) is 13.8 Å². The van der Waals surface area contributed by atoms with Crippen LogP contribution >= 0.6 is 0 Å². The van der Waals surface area contributed by atoms with Gasteiger partial charge in [0.15, 0.2) is 0 Å². The van der Waals surface area contributed by atoms with E-state index in [2.05, 4.69) is 25.2 Å². The van der Waals surface area contributed by atoms with Crippen molar-refractivity contribution in [1.82, 2.24) is 9.97 Å². The van der Waals surface area contributed by atoms with Gasteiger partial charge in [-0.15, -0.1) is 0 Å². The molecule has 1 aromatic heterocycles. The molecular weight excluding hydrogens is 368 g/mol. The third kappa shape index (κ3) is 5.87. The Labute approximate surface area is 169 Å². The van der Waals surface area contributed by atoms with Crippen molar-refractivity contribution >= 4 is 18.1 Å². The first kappa shape index (κ1) is 20.0. The van der Waals surface area contributed by atoms with Gasteiger partial charge in [-0.2, -0.15) is 5.10 Å². The maximum Gasteiger partial charge on any atom is 0.337 e. The summed E-state index contributed by atoms with van der Waals surface area (Å²) in [7, 11) is 1.36. The summed E-state index contributed by atoms with van der Waals surface area (Å²) in [6.45, 7) is 4.23. The van der Waals surface area contributed by atoms with Gasteiger partial charge in [0.2, 0.25) is 5.95 Å². The van der Waals surface area contributed by atoms with Crippen molar-refractivity contribution in [2.24, 2.45) is 5.10 Å². The van der Waals surface area contributed by atoms with Crippen LogP contribution in [-0.4, -0.2) is 29.3 Å². The molecule has 2 aromatic carbocycles. The second-order valence-electron chi connectivity index (χ2n) is 6.39. The van der Waals surface area contributed by atoms with Crippen molar-refractivity contribution in [3.05, 3.63) is 82.7 Å². The smallest absolute Gasteiger partial charge is 0.337 e. The molecule has 0 aliphatic heterocycles. The highest BCUT2D eigenvalue weighted by Crippen LogP contribution is 2.14. The van der Waals surface area contributed by atoms with Crippen LogP contribution in [0.4, 0.5) is 5.95 Å². The van der Waals surface area contributed by atoms with Crippen LogP contribution in [0.25, 0.3) is 0 Å². The van der Waals surface area contributed by atoms with E-state index in [0.717, 1.165) is 28.3 Å². The predicted molar refractivity (Wildman–Crippen MR) is 111 cm³/mol. The maximum absolute atomic E-state index is 11.4. The summed E-state index contributed by atoms with van der Waals surface area (Å²) >= 11 is 0. The number of nitrogens with zero attached hydrogens (tertiary/aromatic N) is 3. The quantitative estimate of drug-likeness (QED) is 0.374. The molecule has 0 fully saturated rings. The number of rotatable bonds is 7. The lowest BCUT2D eigenvalue weighted by atomic mass is 10.1. The van der Waals surface area contributed by atoms with Crippen LogP contribution in [0.1, 0.15) is 32.9 Å². The number of carbonyl (C=O) groups is 1. The largest absolute Gasteiger partial charge is 0.489 e. The first-order valence-electron chi connectivity index (χ1n) is 9.05. The molecule has 0 saturated heterocycles. The fourth-order valence-electron chi connectivity index (χ4n) is 2.61. The Kier molecular flexibility index (Phi) is 6.52. The van der Waals surface area contributed by atoms with Gasteiger partial charge in [0.1, 0.15) is 12.4 Å². The van der Waals surface area contributed by atoms with E-state index >= 15 is 0 Å². The highest BCUT2D eigenvalue weighted by molar-refractivity contribution is 5.89. The van der Waals surface area contributed by atoms with E-state index in [1.165, 1.54) is 7.11 Å². The van der Waals surface area contributed by atoms with Gasteiger partial charge >= 0.3 is 5.97 Å². The van der Waals surface area contributed by atoms with Crippen LogP contribution in [0.5, 0.6) is 5.75 Å². The van der Waals surface area contributed by atoms with Gasteiger partial charge in [-0.1, -0.05) is 12.1 Å². The number of aryl methyl sites for hydroxylation is 2. The number of hydrazone groups is 1. The second-order valence-corrected chi connectivity index (χ2v) is 6.39. The molecule has 0 saturated carbocycles. The van der Waals surface area contributed by atoms with Crippen LogP contribution in [-0.2, 0) is 11.3 Å². The maximum atomic E-state index is 11.4. The molecule has 148 valence electrons. The normalized spacial score (nSPS) is 10.7. The lowest BCUT2D eigenvalue weighted by molar-refractivity contribution is 0.0600. The number of hydrogen-bond donors (Lipinski definition) is 1. The van der Waals surface area contributed by atoms with E-state index in [1.807, 2.05) is 56.3 Å². The number of carbonyl (C=O) groups excluding carboxylic acids is 1. The average Bonchev–Trinajstić information content (AvgIpc) is 2.72. The highest BCUT2D eigenvalue weighted by Gasteiger charge is 2.04. The van der Waals surface area contributed by atoms with E-state index in [4.69, 9.17) is 4.74 Å². The first-order valence-corrected chi connectivity index (χ1v) is 9.05. The zero-order valence-corrected chi connectivity index (χ0v) is 16.5. The van der Waals surface area contributed by atoms with E-state index in [9.17, 15) is 4.79 Å². The van der Waals surface area contributed by atoms with Gasteiger partial charge in [0, 0.05) is 11.4 Å². The molecule has 3 rings (SSSR count). The summed E-state index contributed by atoms with van der Waals surface area (Å²) in [5.74, 6) is 0.857. The average molecular weight is 390 g/mol. The van der Waals surface area contributed by atoms with Crippen molar-refractivity contribution in [3.63, 3.8) is 0 Å². The number of benzene rings is 2. The molecule has 0 amide bonds. The van der Waals surface area contributed by atoms with E-state index < -0.39 is 0 Å². The molecule has 0 bridgehead atoms. The fourth-order valence-corrected chi connectivity index (χ4v) is 2.61. The Morgan fingerprint density at radius 2 is 1.69 bits per heavy atom. The van der Waals surface area contributed by atoms with Crippen molar-refractivity contribution < 1.29 is 14.3 Å². The lowest BCUT2D eigenvalue weighted by Crippen LogP contribution is -2.02. The van der Waals surface area contributed by atoms with Gasteiger partial charge in [0.05, 0.1) is 18.9 Å². The number of esters is 1. The van der Waals surface area contributed by atoms with Gasteiger partial charge in [-0.05, 0) is 67.4 Å². The number of methoxy groups -OCH3 is 1. The van der Waals surface area contributed by atoms with Crippen LogP contribution in [0.15, 0.2) is 59.7 Å². The second kappa shape index (κ2) is 9.45. The summed E-state index contributed by atoms with van der Waals surface area (Å²) in [5, 5.41) is 4.17. The number of hydrogen-bond acceptors (Lipinski definition) is 7. The number of ether oxygens (including phenoxy) is 2. The number of aromatic nitrogens is 2. The molecular formula is C22H22N4O3. The Morgan fingerprint density at radius 3 is 2.31 bits per heavy atom. The Balaban J connectivity index is 1.52. The Bertz CT molecular complexity index is 979. The van der Waals surface area contributed by atoms with E-state index in [0.29, 0.717) is 18.1 Å². The minimum atomic E-state index is -0.353. The molecule has 7 nitrogen and oxygen atoms in total. The minimum Gasteiger partial charge on any atom is -0.489 e. The number of anilines is 1.